The molecule has 0 spiro atoms. The summed E-state index contributed by atoms with van der Waals surface area (Å²) < 4.78 is 7.82. The molecule has 1 unspecified atom stereocenters. The quantitative estimate of drug-likeness (QED) is 0.283. The molecule has 0 amide bonds. The summed E-state index contributed by atoms with van der Waals surface area (Å²) in [4.78, 5) is 10.3. The lowest BCUT2D eigenvalue weighted by molar-refractivity contribution is 0.109. The molecule has 5 nitrogen and oxygen atoms in total. The number of imidazole rings is 1. The molecule has 0 saturated carbocycles. The Bertz CT molecular complexity index is 1040. The van der Waals surface area contributed by atoms with E-state index in [0.717, 1.165) is 64.6 Å². The van der Waals surface area contributed by atoms with Crippen molar-refractivity contribution in [1.82, 2.24) is 14.5 Å². The predicted octanol–water partition coefficient (Wildman–Crippen LogP) is 6.61. The molecule has 1 atom stereocenters. The van der Waals surface area contributed by atoms with Gasteiger partial charge < -0.3 is 15.0 Å². The fourth-order valence-electron chi connectivity index (χ4n) is 3.48. The number of methoxy groups -OCH3 is 1. The Hall–Kier alpha value is -1.47. The van der Waals surface area contributed by atoms with E-state index in [1.54, 1.807) is 24.9 Å². The van der Waals surface area contributed by atoms with Gasteiger partial charge in [0, 0.05) is 29.3 Å². The lowest BCUT2D eigenvalue weighted by atomic mass is 10.2. The number of nitrogens with zero attached hydrogens (tertiary/aromatic N) is 3. The first-order chi connectivity index (χ1) is 14.3. The number of nitrogen functional groups attached to an aromatic ring is 1. The summed E-state index contributed by atoms with van der Waals surface area (Å²) in [5.41, 5.74) is 10.1. The lowest BCUT2D eigenvalue weighted by Crippen LogP contribution is -2.09. The van der Waals surface area contributed by atoms with E-state index < -0.39 is 0 Å². The zero-order valence-corrected chi connectivity index (χ0v) is 20.2. The van der Waals surface area contributed by atoms with Crippen LogP contribution in [0, 0.1) is 13.8 Å². The summed E-state index contributed by atoms with van der Waals surface area (Å²) in [6.07, 6.45) is 3.15. The van der Waals surface area contributed by atoms with Crippen molar-refractivity contribution < 1.29 is 4.74 Å². The number of pyridine rings is 1. The van der Waals surface area contributed by atoms with Crippen LogP contribution in [0.25, 0.3) is 11.0 Å². The van der Waals surface area contributed by atoms with E-state index in [9.17, 15) is 0 Å². The first kappa shape index (κ1) is 23.2. The van der Waals surface area contributed by atoms with Crippen LogP contribution in [0.2, 0.25) is 10.0 Å². The second-order valence-corrected chi connectivity index (χ2v) is 9.37. The van der Waals surface area contributed by atoms with Crippen LogP contribution in [0.15, 0.2) is 23.1 Å². The molecule has 0 aliphatic carbocycles. The van der Waals surface area contributed by atoms with Crippen LogP contribution in [-0.4, -0.2) is 27.4 Å². The standard InChI is InChI=1S/C22H28Cl2N4OS/c1-13-14(2)26-21(25)19-20(13)28(22(27-19)15(3)29-4)10-6-5-7-11-30-18-9-8-16(23)12-17(18)24/h8-9,12,15H,5-7,10-11H2,1-4H3,(H2,25,26). The molecular formula is C22H28Cl2N4OS. The van der Waals surface area contributed by atoms with Crippen molar-refractivity contribution in [3.05, 3.63) is 45.3 Å². The number of hydrogen-bond acceptors (Lipinski definition) is 5. The third-order valence-corrected chi connectivity index (χ3v) is 7.14. The highest BCUT2D eigenvalue weighted by Crippen LogP contribution is 2.31. The maximum atomic E-state index is 6.25. The van der Waals surface area contributed by atoms with E-state index in [1.165, 1.54) is 0 Å². The van der Waals surface area contributed by atoms with Crippen molar-refractivity contribution in [2.45, 2.75) is 57.6 Å². The number of aromatic nitrogens is 3. The van der Waals surface area contributed by atoms with E-state index in [1.807, 2.05) is 26.0 Å². The Kier molecular flexibility index (Phi) is 7.91. The number of rotatable bonds is 9. The van der Waals surface area contributed by atoms with Gasteiger partial charge in [0.15, 0.2) is 5.82 Å². The van der Waals surface area contributed by atoms with Gasteiger partial charge in [-0.25, -0.2) is 9.97 Å². The van der Waals surface area contributed by atoms with Crippen LogP contribution in [0.4, 0.5) is 5.82 Å². The average Bonchev–Trinajstić information content (AvgIpc) is 3.09. The second-order valence-electron chi connectivity index (χ2n) is 7.39. The van der Waals surface area contributed by atoms with Gasteiger partial charge in [0.2, 0.25) is 0 Å². The molecular weight excluding hydrogens is 439 g/mol. The molecule has 0 fully saturated rings. The Balaban J connectivity index is 1.66. The lowest BCUT2D eigenvalue weighted by Gasteiger charge is -2.15. The minimum absolute atomic E-state index is 0.112. The fourth-order valence-corrected chi connectivity index (χ4v) is 4.98. The molecule has 0 aliphatic rings. The molecule has 0 saturated heterocycles. The molecule has 0 aliphatic heterocycles. The van der Waals surface area contributed by atoms with E-state index in [2.05, 4.69) is 16.5 Å². The summed E-state index contributed by atoms with van der Waals surface area (Å²) in [5, 5.41) is 1.38. The zero-order chi connectivity index (χ0) is 21.8. The molecule has 2 N–H and O–H groups in total. The third kappa shape index (κ3) is 5.05. The highest BCUT2D eigenvalue weighted by molar-refractivity contribution is 7.99. The van der Waals surface area contributed by atoms with Crippen molar-refractivity contribution in [2.24, 2.45) is 0 Å². The summed E-state index contributed by atoms with van der Waals surface area (Å²) in [7, 11) is 1.70. The Morgan fingerprint density at radius 2 is 1.93 bits per heavy atom. The molecule has 0 radical (unpaired) electrons. The van der Waals surface area contributed by atoms with Gasteiger partial charge in [0.1, 0.15) is 17.4 Å². The summed E-state index contributed by atoms with van der Waals surface area (Å²) >= 11 is 14.0. The SMILES string of the molecule is COC(C)c1nc2c(N)nc(C)c(C)c2n1CCCCCSc1ccc(Cl)cc1Cl. The number of benzene rings is 1. The smallest absolute Gasteiger partial charge is 0.151 e. The van der Waals surface area contributed by atoms with E-state index in [-0.39, 0.29) is 6.10 Å². The first-order valence-corrected chi connectivity index (χ1v) is 11.8. The van der Waals surface area contributed by atoms with E-state index in [0.29, 0.717) is 15.9 Å². The van der Waals surface area contributed by atoms with Crippen molar-refractivity contribution in [2.75, 3.05) is 18.6 Å². The number of anilines is 1. The average molecular weight is 467 g/mol. The van der Waals surface area contributed by atoms with Crippen molar-refractivity contribution >= 4 is 51.8 Å². The summed E-state index contributed by atoms with van der Waals surface area (Å²) in [6.45, 7) is 6.95. The molecule has 3 rings (SSSR count). The maximum absolute atomic E-state index is 6.25. The highest BCUT2D eigenvalue weighted by Gasteiger charge is 2.20. The Labute approximate surface area is 192 Å². The Morgan fingerprint density at radius 3 is 2.63 bits per heavy atom. The van der Waals surface area contributed by atoms with Crippen LogP contribution in [0.1, 0.15) is 49.4 Å². The molecule has 2 aromatic heterocycles. The van der Waals surface area contributed by atoms with E-state index >= 15 is 0 Å². The van der Waals surface area contributed by atoms with Crippen LogP contribution in [-0.2, 0) is 11.3 Å². The Morgan fingerprint density at radius 1 is 1.17 bits per heavy atom. The van der Waals surface area contributed by atoms with Crippen LogP contribution >= 0.6 is 35.0 Å². The zero-order valence-electron chi connectivity index (χ0n) is 17.8. The first-order valence-electron chi connectivity index (χ1n) is 10.1. The van der Waals surface area contributed by atoms with Gasteiger partial charge in [-0.2, -0.15) is 0 Å². The molecule has 1 aromatic carbocycles. The van der Waals surface area contributed by atoms with Crippen LogP contribution in [0.3, 0.4) is 0 Å². The van der Waals surface area contributed by atoms with Gasteiger partial charge in [0.25, 0.3) is 0 Å². The maximum Gasteiger partial charge on any atom is 0.151 e. The normalized spacial score (nSPS) is 12.6. The second kappa shape index (κ2) is 10.2. The van der Waals surface area contributed by atoms with Crippen molar-refractivity contribution in [1.29, 1.82) is 0 Å². The van der Waals surface area contributed by atoms with Gasteiger partial charge in [-0.15, -0.1) is 11.8 Å². The van der Waals surface area contributed by atoms with Crippen LogP contribution in [0.5, 0.6) is 0 Å². The van der Waals surface area contributed by atoms with Crippen molar-refractivity contribution in [3.8, 4) is 0 Å². The number of fused-ring (bicyclic) bond motifs is 1. The molecule has 30 heavy (non-hydrogen) atoms. The van der Waals surface area contributed by atoms with Crippen LogP contribution < -0.4 is 5.73 Å². The number of hydrogen-bond donors (Lipinski definition) is 1. The molecule has 8 heteroatoms. The van der Waals surface area contributed by atoms with Gasteiger partial charge in [-0.05, 0) is 63.1 Å². The fraction of sp³-hybridized carbons (Fsp3) is 0.455. The van der Waals surface area contributed by atoms with E-state index in [4.69, 9.17) is 38.7 Å². The summed E-state index contributed by atoms with van der Waals surface area (Å²) in [5.74, 6) is 2.40. The largest absolute Gasteiger partial charge is 0.382 e. The molecule has 3 aromatic rings. The number of aryl methyl sites for hydroxylation is 3. The summed E-state index contributed by atoms with van der Waals surface area (Å²) in [6, 6.07) is 5.65. The van der Waals surface area contributed by atoms with Gasteiger partial charge in [-0.1, -0.05) is 29.6 Å². The predicted molar refractivity (Wildman–Crippen MR) is 128 cm³/mol. The number of ether oxygens (including phenoxy) is 1. The third-order valence-electron chi connectivity index (χ3n) is 5.32. The number of halogens is 2. The number of unbranched alkanes of at least 4 members (excludes halogenated alkanes) is 2. The highest BCUT2D eigenvalue weighted by atomic mass is 35.5. The van der Waals surface area contributed by atoms with Gasteiger partial charge in [0.05, 0.1) is 10.5 Å². The van der Waals surface area contributed by atoms with Gasteiger partial charge in [-0.3, -0.25) is 0 Å². The molecule has 2 heterocycles. The topological polar surface area (TPSA) is 66.0 Å². The number of nitrogens with two attached hydrogens (primary N) is 1. The molecule has 162 valence electrons. The molecule has 0 bridgehead atoms. The monoisotopic (exact) mass is 466 g/mol. The minimum atomic E-state index is -0.112. The van der Waals surface area contributed by atoms with Gasteiger partial charge >= 0.3 is 0 Å². The minimum Gasteiger partial charge on any atom is -0.382 e. The van der Waals surface area contributed by atoms with Crippen molar-refractivity contribution in [3.63, 3.8) is 0 Å². The number of thioether (sulfide) groups is 1.